The van der Waals surface area contributed by atoms with Gasteiger partial charge >= 0.3 is 0 Å². The van der Waals surface area contributed by atoms with Crippen molar-refractivity contribution in [2.45, 2.75) is 13.5 Å². The van der Waals surface area contributed by atoms with Crippen LogP contribution in [0.15, 0.2) is 35.0 Å². The molecule has 0 atom stereocenters. The van der Waals surface area contributed by atoms with Gasteiger partial charge in [-0.3, -0.25) is 4.79 Å². The van der Waals surface area contributed by atoms with E-state index in [4.69, 9.17) is 10.3 Å². The number of hydrogen-bond acceptors (Lipinski definition) is 5. The maximum atomic E-state index is 11.3. The summed E-state index contributed by atoms with van der Waals surface area (Å²) in [5, 5.41) is 6.73. The SMILES string of the molecule is CC(=O)c1cc(NCc2ccno2)ccc1N. The zero-order chi connectivity index (χ0) is 12.3. The molecule has 0 aliphatic carbocycles. The van der Waals surface area contributed by atoms with Crippen molar-refractivity contribution in [3.05, 3.63) is 41.8 Å². The van der Waals surface area contributed by atoms with Crippen LogP contribution >= 0.6 is 0 Å². The van der Waals surface area contributed by atoms with Crippen LogP contribution in [-0.2, 0) is 6.54 Å². The molecule has 0 radical (unpaired) electrons. The molecule has 2 aromatic rings. The summed E-state index contributed by atoms with van der Waals surface area (Å²) in [4.78, 5) is 11.3. The highest BCUT2D eigenvalue weighted by molar-refractivity contribution is 5.99. The number of ketones is 1. The van der Waals surface area contributed by atoms with Crippen molar-refractivity contribution in [2.24, 2.45) is 0 Å². The van der Waals surface area contributed by atoms with Gasteiger partial charge in [0, 0.05) is 23.0 Å². The molecule has 0 spiro atoms. The maximum absolute atomic E-state index is 11.3. The Balaban J connectivity index is 2.11. The Morgan fingerprint density at radius 2 is 2.29 bits per heavy atom. The van der Waals surface area contributed by atoms with Crippen LogP contribution in [0, 0.1) is 0 Å². The Kier molecular flexibility index (Phi) is 3.09. The molecule has 0 fully saturated rings. The van der Waals surface area contributed by atoms with Crippen molar-refractivity contribution < 1.29 is 9.32 Å². The summed E-state index contributed by atoms with van der Waals surface area (Å²) in [5.41, 5.74) is 7.53. The number of rotatable bonds is 4. The van der Waals surface area contributed by atoms with E-state index >= 15 is 0 Å². The Hall–Kier alpha value is -2.30. The van der Waals surface area contributed by atoms with Crippen LogP contribution in [0.1, 0.15) is 23.0 Å². The zero-order valence-corrected chi connectivity index (χ0v) is 9.43. The quantitative estimate of drug-likeness (QED) is 0.621. The lowest BCUT2D eigenvalue weighted by Gasteiger charge is -2.07. The lowest BCUT2D eigenvalue weighted by Crippen LogP contribution is -2.03. The highest BCUT2D eigenvalue weighted by atomic mass is 16.5. The standard InChI is InChI=1S/C12H13N3O2/c1-8(16)11-6-9(2-3-12(11)13)14-7-10-4-5-15-17-10/h2-6,14H,7,13H2,1H3. The van der Waals surface area contributed by atoms with Crippen LogP contribution in [0.5, 0.6) is 0 Å². The van der Waals surface area contributed by atoms with Gasteiger partial charge < -0.3 is 15.6 Å². The summed E-state index contributed by atoms with van der Waals surface area (Å²) in [7, 11) is 0. The number of nitrogens with two attached hydrogens (primary N) is 1. The minimum atomic E-state index is -0.0502. The number of carbonyl (C=O) groups is 1. The first-order valence-electron chi connectivity index (χ1n) is 5.20. The minimum Gasteiger partial charge on any atom is -0.398 e. The average molecular weight is 231 g/mol. The summed E-state index contributed by atoms with van der Waals surface area (Å²) < 4.78 is 4.95. The topological polar surface area (TPSA) is 81.2 Å². The lowest BCUT2D eigenvalue weighted by molar-refractivity contribution is 0.101. The number of nitrogens with one attached hydrogen (secondary N) is 1. The van der Waals surface area contributed by atoms with Gasteiger partial charge in [0.25, 0.3) is 0 Å². The third-order valence-corrected chi connectivity index (χ3v) is 2.39. The fourth-order valence-electron chi connectivity index (χ4n) is 1.49. The molecule has 1 aromatic carbocycles. The van der Waals surface area contributed by atoms with Crippen LogP contribution in [0.25, 0.3) is 0 Å². The molecule has 0 bridgehead atoms. The molecule has 0 unspecified atom stereocenters. The molecule has 88 valence electrons. The predicted molar refractivity (Wildman–Crippen MR) is 64.7 cm³/mol. The van der Waals surface area contributed by atoms with Gasteiger partial charge in [0.15, 0.2) is 11.5 Å². The number of anilines is 2. The second-order valence-corrected chi connectivity index (χ2v) is 3.69. The predicted octanol–water partition coefficient (Wildman–Crippen LogP) is 2.07. The van der Waals surface area contributed by atoms with Crippen molar-refractivity contribution in [3.8, 4) is 0 Å². The molecule has 0 aliphatic heterocycles. The summed E-state index contributed by atoms with van der Waals surface area (Å²) in [6, 6.07) is 7.03. The molecule has 0 amide bonds. The third kappa shape index (κ3) is 2.63. The van der Waals surface area contributed by atoms with Gasteiger partial charge in [-0.25, -0.2) is 0 Å². The van der Waals surface area contributed by atoms with Crippen LogP contribution in [0.2, 0.25) is 0 Å². The van der Waals surface area contributed by atoms with Crippen LogP contribution in [-0.4, -0.2) is 10.9 Å². The molecule has 1 aromatic heterocycles. The first-order valence-corrected chi connectivity index (χ1v) is 5.20. The average Bonchev–Trinajstić information content (AvgIpc) is 2.80. The van der Waals surface area contributed by atoms with Gasteiger partial charge in [-0.05, 0) is 25.1 Å². The Labute approximate surface area is 98.6 Å². The molecule has 3 N–H and O–H groups in total. The first kappa shape index (κ1) is 11.2. The van der Waals surface area contributed by atoms with Crippen LogP contribution in [0.4, 0.5) is 11.4 Å². The second-order valence-electron chi connectivity index (χ2n) is 3.69. The van der Waals surface area contributed by atoms with Gasteiger partial charge in [-0.15, -0.1) is 0 Å². The third-order valence-electron chi connectivity index (χ3n) is 2.39. The molecule has 0 saturated heterocycles. The van der Waals surface area contributed by atoms with Gasteiger partial charge in [-0.1, -0.05) is 5.16 Å². The zero-order valence-electron chi connectivity index (χ0n) is 9.43. The largest absolute Gasteiger partial charge is 0.398 e. The monoisotopic (exact) mass is 231 g/mol. The summed E-state index contributed by atoms with van der Waals surface area (Å²) in [5.74, 6) is 0.678. The van der Waals surface area contributed by atoms with E-state index in [9.17, 15) is 4.79 Å². The normalized spacial score (nSPS) is 10.2. The molecular weight excluding hydrogens is 218 g/mol. The molecule has 0 aliphatic rings. The molecule has 17 heavy (non-hydrogen) atoms. The fraction of sp³-hybridized carbons (Fsp3) is 0.167. The van der Waals surface area contributed by atoms with E-state index in [1.807, 2.05) is 6.07 Å². The van der Waals surface area contributed by atoms with E-state index in [0.717, 1.165) is 11.4 Å². The number of Topliss-reactive ketones (excluding diaryl/α,β-unsaturated/α-hetero) is 1. The number of nitrogens with zero attached hydrogens (tertiary/aromatic N) is 1. The Morgan fingerprint density at radius 3 is 2.94 bits per heavy atom. The van der Waals surface area contributed by atoms with Crippen molar-refractivity contribution in [1.29, 1.82) is 0 Å². The molecule has 2 rings (SSSR count). The van der Waals surface area contributed by atoms with Gasteiger partial charge in [0.1, 0.15) is 0 Å². The lowest BCUT2D eigenvalue weighted by atomic mass is 10.1. The number of nitrogen functional groups attached to an aromatic ring is 1. The molecule has 1 heterocycles. The molecule has 5 nitrogen and oxygen atoms in total. The van der Waals surface area contributed by atoms with Gasteiger partial charge in [-0.2, -0.15) is 0 Å². The van der Waals surface area contributed by atoms with Gasteiger partial charge in [0.05, 0.1) is 12.7 Å². The minimum absolute atomic E-state index is 0.0502. The second kappa shape index (κ2) is 4.69. The van der Waals surface area contributed by atoms with E-state index in [0.29, 0.717) is 17.8 Å². The first-order chi connectivity index (χ1) is 8.16. The van der Waals surface area contributed by atoms with Crippen molar-refractivity contribution in [3.63, 3.8) is 0 Å². The van der Waals surface area contributed by atoms with Crippen molar-refractivity contribution in [1.82, 2.24) is 5.16 Å². The molecule has 0 saturated carbocycles. The summed E-state index contributed by atoms with van der Waals surface area (Å²) >= 11 is 0. The van der Waals surface area contributed by atoms with E-state index in [-0.39, 0.29) is 5.78 Å². The number of aromatic nitrogens is 1. The highest BCUT2D eigenvalue weighted by Crippen LogP contribution is 2.18. The fourth-order valence-corrected chi connectivity index (χ4v) is 1.49. The molecule has 5 heteroatoms. The number of carbonyl (C=O) groups excluding carboxylic acids is 1. The van der Waals surface area contributed by atoms with Crippen molar-refractivity contribution >= 4 is 17.2 Å². The smallest absolute Gasteiger partial charge is 0.161 e. The van der Waals surface area contributed by atoms with Gasteiger partial charge in [0.2, 0.25) is 0 Å². The summed E-state index contributed by atoms with van der Waals surface area (Å²) in [6.07, 6.45) is 1.58. The summed E-state index contributed by atoms with van der Waals surface area (Å²) in [6.45, 7) is 2.01. The van der Waals surface area contributed by atoms with E-state index in [1.165, 1.54) is 6.92 Å². The number of hydrogen-bond donors (Lipinski definition) is 2. The van der Waals surface area contributed by atoms with E-state index in [1.54, 1.807) is 24.4 Å². The highest BCUT2D eigenvalue weighted by Gasteiger charge is 2.06. The van der Waals surface area contributed by atoms with E-state index in [2.05, 4.69) is 10.5 Å². The van der Waals surface area contributed by atoms with Crippen LogP contribution in [0.3, 0.4) is 0 Å². The Morgan fingerprint density at radius 1 is 1.47 bits per heavy atom. The van der Waals surface area contributed by atoms with Crippen LogP contribution < -0.4 is 11.1 Å². The Bertz CT molecular complexity index is 521. The maximum Gasteiger partial charge on any atom is 0.161 e. The van der Waals surface area contributed by atoms with Crippen molar-refractivity contribution in [2.75, 3.05) is 11.1 Å². The molecular formula is C12H13N3O2. The van der Waals surface area contributed by atoms with E-state index < -0.39 is 0 Å². The number of benzene rings is 1.